The van der Waals surface area contributed by atoms with Gasteiger partial charge in [-0.15, -0.1) is 11.8 Å². The summed E-state index contributed by atoms with van der Waals surface area (Å²) in [7, 11) is 1.78. The molecule has 0 aliphatic carbocycles. The molecule has 0 saturated carbocycles. The Morgan fingerprint density at radius 3 is 1.62 bits per heavy atom. The van der Waals surface area contributed by atoms with E-state index in [0.29, 0.717) is 33.3 Å². The first kappa shape index (κ1) is 89.9. The summed E-state index contributed by atoms with van der Waals surface area (Å²) in [4.78, 5) is 167. The van der Waals surface area contributed by atoms with E-state index in [1.54, 1.807) is 96.0 Å². The van der Waals surface area contributed by atoms with Gasteiger partial charge in [-0.2, -0.15) is 0 Å². The number of thioether (sulfide) groups is 1. The van der Waals surface area contributed by atoms with Gasteiger partial charge in [0.2, 0.25) is 53.2 Å². The van der Waals surface area contributed by atoms with E-state index < -0.39 is 142 Å². The fourth-order valence-electron chi connectivity index (χ4n) is 13.2. The predicted molar refractivity (Wildman–Crippen MR) is 451 cm³/mol. The van der Waals surface area contributed by atoms with Gasteiger partial charge < -0.3 is 93.2 Å². The van der Waals surface area contributed by atoms with Crippen molar-refractivity contribution in [2.75, 3.05) is 36.9 Å². The molecule has 1 fully saturated rings. The largest absolute Gasteiger partial charge is 0.508 e. The number of nitrogens with one attached hydrogen (secondary N) is 13. The van der Waals surface area contributed by atoms with Crippen molar-refractivity contribution in [3.63, 3.8) is 0 Å². The lowest BCUT2D eigenvalue weighted by Gasteiger charge is -2.35. The third-order valence-corrected chi connectivity index (χ3v) is 22.9. The summed E-state index contributed by atoms with van der Waals surface area (Å²) in [5.41, 5.74) is 4.16. The summed E-state index contributed by atoms with van der Waals surface area (Å²) >= 11 is 1.60. The van der Waals surface area contributed by atoms with E-state index in [1.165, 1.54) is 38.1 Å². The third kappa shape index (κ3) is 26.7. The van der Waals surface area contributed by atoms with Crippen molar-refractivity contribution in [1.29, 1.82) is 0 Å². The summed E-state index contributed by atoms with van der Waals surface area (Å²) < 4.78 is 10.3. The van der Waals surface area contributed by atoms with Crippen LogP contribution in [0.25, 0.3) is 21.8 Å². The molecule has 1 aliphatic rings. The Balaban J connectivity index is 1.01. The third-order valence-electron chi connectivity index (χ3n) is 18.9. The number of benzene rings is 6. The number of unbranched alkanes of at least 4 members (excludes halogenated alkanes) is 1. The summed E-state index contributed by atoms with van der Waals surface area (Å²) in [5, 5.41) is 64.1. The monoisotopic (exact) mass is 1660 g/mol. The van der Waals surface area contributed by atoms with Gasteiger partial charge in [0.05, 0.1) is 17.0 Å². The van der Waals surface area contributed by atoms with Gasteiger partial charge >= 0.3 is 12.2 Å². The second kappa shape index (κ2) is 42.7. The number of aliphatic hydroxyl groups is 2. The second-order valence-corrected chi connectivity index (χ2v) is 34.3. The molecule has 9 rings (SSSR count). The number of aliphatic hydroxyl groups excluding tert-OH is 2. The molecule has 10 atom stereocenters. The van der Waals surface area contributed by atoms with Gasteiger partial charge in [-0.1, -0.05) is 161 Å². The standard InChI is InChI=1S/C85H105N13O16S3/c1-51(99)71(79(109)87-42-41-86-70(102)39-43-115-85(56-24-12-9-13-25-56,57-26-14-10-15-27-57)58-28-16-11-17-29-58)97-78(108)69-50-117-116-49-68(94-76(106)67(96-82(112)114-84(6,7)8)46-55-48-90-63-33-21-19-31-61(55)63)77(107)92-65(44-53-35-37-59(101)38-36-53)74(104)93-66(45-54-47-89-62-32-20-18-30-60(54)62)75(105)91-64(73(103)98-72(52(2)100)80(110)95-69)34-22-23-40-88-81(111)113-83(3,4)5/h9-21,24-33,35-38,47-48,51-52,64-69,71-72,89-90,99-101H,22-23,34,39-46,49-50H2,1-8H3,(H,86,102)(H,87,109)(H,88,111)(H,91,105)(H,92,107)(H,93,104)(H,94,106)(H,95,110)(H,96,112)(H,97,108)(H,98,103)/t51-,52-,64+,65+,66-,67-,68+,69+,71+,72+/m1/s1. The number of amides is 11. The number of carbonyl (C=O) groups is 11. The quantitative estimate of drug-likeness (QED) is 0.0129. The number of fused-ring (bicyclic) bond motifs is 2. The number of aromatic hydroxyl groups is 1. The molecule has 2 aromatic heterocycles. The normalized spacial score (nSPS) is 18.6. The highest BCUT2D eigenvalue weighted by molar-refractivity contribution is 8.76. The number of rotatable bonds is 29. The van der Waals surface area contributed by atoms with Crippen LogP contribution in [-0.4, -0.2) is 199 Å². The maximum absolute atomic E-state index is 15.5. The molecule has 29 nitrogen and oxygen atoms in total. The zero-order chi connectivity index (χ0) is 84.4. The number of para-hydroxylation sites is 2. The number of carbonyl (C=O) groups excluding carboxylic acids is 11. The van der Waals surface area contributed by atoms with Crippen LogP contribution in [0.15, 0.2) is 176 Å². The molecule has 8 aromatic rings. The Labute approximate surface area is 691 Å². The summed E-state index contributed by atoms with van der Waals surface area (Å²) in [6, 6.07) is 37.1. The van der Waals surface area contributed by atoms with Crippen LogP contribution in [-0.2, 0) is 76.6 Å². The van der Waals surface area contributed by atoms with Crippen molar-refractivity contribution in [1.82, 2.24) is 68.5 Å². The fraction of sp³-hybridized carbons (Fsp3) is 0.400. The van der Waals surface area contributed by atoms with Crippen molar-refractivity contribution in [3.05, 3.63) is 210 Å². The van der Waals surface area contributed by atoms with Gasteiger partial charge in [-0.05, 0) is 132 Å². The van der Waals surface area contributed by atoms with Crippen LogP contribution >= 0.6 is 33.3 Å². The number of hydrogen-bond donors (Lipinski definition) is 16. The minimum absolute atomic E-state index is 0.0559. The SMILES string of the molecule is C[C@@H](O)[C@H](NC(=O)[C@@H]1CSSC[C@H](NC(=O)[C@@H](Cc2c[nH]c3ccccc23)NC(=O)OC(C)(C)C)C(=O)N[C@@H](Cc2ccc(O)cc2)C(=O)N[C@H](Cc2c[nH]c3ccccc23)C(=O)N[C@@H](CCCCNC(=O)OC(C)(C)C)C(=O)N[C@@H]([C@@H](C)O)C(=O)N1)C(=O)NCCNC(=O)CCSC(c1ccccc1)(c1ccccc1)c1ccccc1. The molecule has 0 bridgehead atoms. The van der Waals surface area contributed by atoms with Gasteiger partial charge in [0, 0.05) is 96.8 Å². The van der Waals surface area contributed by atoms with Gasteiger partial charge in [0.1, 0.15) is 65.3 Å². The minimum atomic E-state index is -1.88. The maximum atomic E-state index is 15.5. The molecule has 0 unspecified atom stereocenters. The van der Waals surface area contributed by atoms with E-state index in [4.69, 9.17) is 9.47 Å². The van der Waals surface area contributed by atoms with Gasteiger partial charge in [-0.3, -0.25) is 43.2 Å². The van der Waals surface area contributed by atoms with E-state index in [9.17, 15) is 48.9 Å². The zero-order valence-corrected chi connectivity index (χ0v) is 69.0. The van der Waals surface area contributed by atoms with Crippen molar-refractivity contribution in [3.8, 4) is 5.75 Å². The van der Waals surface area contributed by atoms with E-state index in [-0.39, 0.29) is 82.0 Å². The first-order valence-corrected chi connectivity index (χ1v) is 42.2. The zero-order valence-electron chi connectivity index (χ0n) is 66.6. The molecule has 3 heterocycles. The minimum Gasteiger partial charge on any atom is -0.508 e. The van der Waals surface area contributed by atoms with Crippen LogP contribution < -0.4 is 58.5 Å². The highest BCUT2D eigenvalue weighted by Gasteiger charge is 2.40. The molecule has 6 aromatic carbocycles. The molecule has 0 radical (unpaired) electrons. The van der Waals surface area contributed by atoms with Gasteiger partial charge in [-0.25, -0.2) is 9.59 Å². The Morgan fingerprint density at radius 2 is 1.04 bits per heavy atom. The van der Waals surface area contributed by atoms with Gasteiger partial charge in [0.25, 0.3) is 0 Å². The van der Waals surface area contributed by atoms with Crippen molar-refractivity contribution < 1.29 is 77.5 Å². The number of aromatic amines is 2. The highest BCUT2D eigenvalue weighted by Crippen LogP contribution is 2.48. The number of phenolic OH excluding ortho intramolecular Hbond substituents is 1. The van der Waals surface area contributed by atoms with Crippen molar-refractivity contribution in [2.45, 2.75) is 177 Å². The molecule has 117 heavy (non-hydrogen) atoms. The van der Waals surface area contributed by atoms with Crippen LogP contribution in [0.5, 0.6) is 5.75 Å². The number of alkyl carbamates (subject to hydrolysis) is 2. The van der Waals surface area contributed by atoms with Crippen molar-refractivity contribution in [2.24, 2.45) is 0 Å². The summed E-state index contributed by atoms with van der Waals surface area (Å²) in [6.07, 6.45) is -2.07. The summed E-state index contributed by atoms with van der Waals surface area (Å²) in [6.45, 7) is 12.3. The number of phenols is 1. The topological polar surface area (TPSA) is 431 Å². The molecule has 1 saturated heterocycles. The molecule has 11 amide bonds. The van der Waals surface area contributed by atoms with E-state index in [0.717, 1.165) is 49.2 Å². The lowest BCUT2D eigenvalue weighted by molar-refractivity contribution is -0.137. The number of H-pyrrole nitrogens is 2. The first-order chi connectivity index (χ1) is 55.8. The first-order valence-electron chi connectivity index (χ1n) is 38.8. The molecule has 32 heteroatoms. The second-order valence-electron chi connectivity index (χ2n) is 30.5. The lowest BCUT2D eigenvalue weighted by Crippen LogP contribution is -2.63. The van der Waals surface area contributed by atoms with E-state index in [2.05, 4.69) is 105 Å². The lowest BCUT2D eigenvalue weighted by atomic mass is 9.84. The van der Waals surface area contributed by atoms with Crippen LogP contribution in [0.2, 0.25) is 0 Å². The van der Waals surface area contributed by atoms with E-state index >= 15 is 19.2 Å². The number of hydrogen-bond acceptors (Lipinski definition) is 19. The molecule has 624 valence electrons. The molecule has 16 N–H and O–H groups in total. The molecule has 1 aliphatic heterocycles. The van der Waals surface area contributed by atoms with Crippen LogP contribution in [0.4, 0.5) is 9.59 Å². The number of ether oxygens (including phenoxy) is 2. The Kier molecular flexibility index (Phi) is 32.8. The van der Waals surface area contributed by atoms with Crippen molar-refractivity contribution >= 4 is 121 Å². The van der Waals surface area contributed by atoms with Gasteiger partial charge in [0.15, 0.2) is 0 Å². The fourth-order valence-corrected chi connectivity index (χ4v) is 17.0. The Hall–Kier alpha value is -11.1. The molecular weight excluding hydrogens is 1560 g/mol. The molecular formula is C85H105N13O16S3. The summed E-state index contributed by atoms with van der Waals surface area (Å²) in [5.74, 6) is -8.69. The average Bonchev–Trinajstić information content (AvgIpc) is 1.74. The molecule has 0 spiro atoms. The maximum Gasteiger partial charge on any atom is 0.408 e. The average molecular weight is 1660 g/mol. The van der Waals surface area contributed by atoms with Crippen LogP contribution in [0.3, 0.4) is 0 Å². The Bertz CT molecular complexity index is 4600. The predicted octanol–water partition coefficient (Wildman–Crippen LogP) is 6.87. The number of aromatic nitrogens is 2. The van der Waals surface area contributed by atoms with Crippen LogP contribution in [0, 0.1) is 0 Å². The van der Waals surface area contributed by atoms with E-state index in [1.807, 2.05) is 72.8 Å². The highest BCUT2D eigenvalue weighted by atomic mass is 33.1. The Morgan fingerprint density at radius 1 is 0.530 bits per heavy atom. The smallest absolute Gasteiger partial charge is 0.408 e. The van der Waals surface area contributed by atoms with Crippen LogP contribution in [0.1, 0.15) is 114 Å².